The van der Waals surface area contributed by atoms with E-state index in [1.54, 1.807) is 24.3 Å². The van der Waals surface area contributed by atoms with Gasteiger partial charge in [-0.05, 0) is 30.7 Å². The van der Waals surface area contributed by atoms with Crippen molar-refractivity contribution in [3.05, 3.63) is 28.7 Å². The van der Waals surface area contributed by atoms with Gasteiger partial charge >= 0.3 is 0 Å². The van der Waals surface area contributed by atoms with Gasteiger partial charge < -0.3 is 19.4 Å². The van der Waals surface area contributed by atoms with Crippen molar-refractivity contribution >= 4 is 46.3 Å². The lowest BCUT2D eigenvalue weighted by molar-refractivity contribution is -0.305. The number of nitrogens with zero attached hydrogens (tertiary/aromatic N) is 1. The molecule has 1 aromatic carbocycles. The predicted octanol–water partition coefficient (Wildman–Crippen LogP) is 1.44. The van der Waals surface area contributed by atoms with Gasteiger partial charge in [0.05, 0.1) is 11.5 Å². The van der Waals surface area contributed by atoms with Crippen LogP contribution >= 0.6 is 24.0 Å². The summed E-state index contributed by atoms with van der Waals surface area (Å²) in [7, 11) is 0. The molecule has 0 N–H and O–H groups in total. The molecular weight excluding hydrogens is 374 g/mol. The van der Waals surface area contributed by atoms with Crippen LogP contribution in [0.3, 0.4) is 0 Å². The minimum Gasteiger partial charge on any atom is -0.550 e. The molecule has 0 aromatic heterocycles. The number of benzene rings is 1. The highest BCUT2D eigenvalue weighted by Gasteiger charge is 2.31. The number of ether oxygens (including phenoxy) is 2. The molecule has 0 radical (unpaired) electrons. The number of thioether (sulfide) groups is 1. The van der Waals surface area contributed by atoms with Crippen molar-refractivity contribution in [2.75, 3.05) is 19.8 Å². The van der Waals surface area contributed by atoms with Crippen LogP contribution in [0.15, 0.2) is 23.1 Å². The van der Waals surface area contributed by atoms with E-state index >= 15 is 0 Å². The number of carbonyl (C=O) groups is 2. The summed E-state index contributed by atoms with van der Waals surface area (Å²) in [5.41, 5.74) is 0.724. The third kappa shape index (κ3) is 5.00. The molecule has 1 aliphatic rings. The standard InChI is InChI=1S/C18H17NO5S2/c1-3-9-24-13-6-5-12(10-14(13)23-4-2)11-15-17(22)19(18(25)26-15)8-7-16(20)21/h1,5-6,10-11H,4,7-9H2,2H3,(H,20,21)/p-1/b15-11-. The zero-order chi connectivity index (χ0) is 19.1. The van der Waals surface area contributed by atoms with Crippen LogP contribution in [0.2, 0.25) is 0 Å². The highest BCUT2D eigenvalue weighted by atomic mass is 32.2. The van der Waals surface area contributed by atoms with Gasteiger partial charge in [0, 0.05) is 18.9 Å². The second-order valence-corrected chi connectivity index (χ2v) is 6.76. The molecule has 0 spiro atoms. The van der Waals surface area contributed by atoms with Crippen molar-refractivity contribution in [2.24, 2.45) is 0 Å². The fourth-order valence-corrected chi connectivity index (χ4v) is 3.48. The van der Waals surface area contributed by atoms with Crippen LogP contribution < -0.4 is 14.6 Å². The van der Waals surface area contributed by atoms with Gasteiger partial charge in [0.25, 0.3) is 5.91 Å². The molecule has 0 saturated carbocycles. The Labute approximate surface area is 161 Å². The molecule has 1 aliphatic heterocycles. The number of carbonyl (C=O) groups excluding carboxylic acids is 2. The van der Waals surface area contributed by atoms with E-state index < -0.39 is 5.97 Å². The number of terminal acetylenes is 1. The topological polar surface area (TPSA) is 78.9 Å². The fourth-order valence-electron chi connectivity index (χ4n) is 2.17. The molecular formula is C18H16NO5S2-. The number of carboxylic acid groups (broad SMARTS) is 1. The third-order valence-corrected chi connectivity index (χ3v) is 4.67. The molecule has 1 aromatic rings. The van der Waals surface area contributed by atoms with Gasteiger partial charge in [0.1, 0.15) is 10.9 Å². The summed E-state index contributed by atoms with van der Waals surface area (Å²) >= 11 is 6.27. The first-order chi connectivity index (χ1) is 12.5. The highest BCUT2D eigenvalue weighted by molar-refractivity contribution is 8.26. The van der Waals surface area contributed by atoms with E-state index in [1.807, 2.05) is 6.92 Å². The van der Waals surface area contributed by atoms with Gasteiger partial charge in [-0.2, -0.15) is 0 Å². The van der Waals surface area contributed by atoms with Crippen LogP contribution in [-0.4, -0.2) is 40.9 Å². The summed E-state index contributed by atoms with van der Waals surface area (Å²) < 4.78 is 11.3. The Morgan fingerprint density at radius 2 is 2.19 bits per heavy atom. The fraction of sp³-hybridized carbons (Fsp3) is 0.278. The number of hydrogen-bond acceptors (Lipinski definition) is 7. The van der Waals surface area contributed by atoms with Crippen LogP contribution in [0, 0.1) is 12.3 Å². The maximum absolute atomic E-state index is 12.4. The summed E-state index contributed by atoms with van der Waals surface area (Å²) in [6.45, 7) is 2.41. The number of amides is 1. The quantitative estimate of drug-likeness (QED) is 0.377. The van der Waals surface area contributed by atoms with Gasteiger partial charge in [-0.1, -0.05) is 36.0 Å². The predicted molar refractivity (Wildman–Crippen MR) is 101 cm³/mol. The minimum atomic E-state index is -1.23. The molecule has 1 saturated heterocycles. The summed E-state index contributed by atoms with van der Waals surface area (Å²) in [5.74, 6) is 1.87. The maximum Gasteiger partial charge on any atom is 0.266 e. The summed E-state index contributed by atoms with van der Waals surface area (Å²) in [5, 5.41) is 10.6. The van der Waals surface area contributed by atoms with Crippen molar-refractivity contribution in [2.45, 2.75) is 13.3 Å². The van der Waals surface area contributed by atoms with E-state index in [4.69, 9.17) is 28.1 Å². The second kappa shape index (κ2) is 9.27. The van der Waals surface area contributed by atoms with Crippen LogP contribution in [-0.2, 0) is 9.59 Å². The number of hydrogen-bond donors (Lipinski definition) is 0. The van der Waals surface area contributed by atoms with Crippen LogP contribution in [0.25, 0.3) is 6.08 Å². The van der Waals surface area contributed by atoms with E-state index in [2.05, 4.69) is 5.92 Å². The van der Waals surface area contributed by atoms with Crippen molar-refractivity contribution in [3.8, 4) is 23.8 Å². The number of aliphatic carboxylic acids is 1. The zero-order valence-electron chi connectivity index (χ0n) is 14.0. The van der Waals surface area contributed by atoms with Crippen molar-refractivity contribution in [1.82, 2.24) is 4.90 Å². The first kappa shape index (κ1) is 19.8. The van der Waals surface area contributed by atoms with Gasteiger partial charge in [-0.25, -0.2) is 0 Å². The Morgan fingerprint density at radius 3 is 2.85 bits per heavy atom. The van der Waals surface area contributed by atoms with Gasteiger partial charge in [-0.15, -0.1) is 6.42 Å². The normalized spacial score (nSPS) is 15.2. The van der Waals surface area contributed by atoms with Gasteiger partial charge in [0.2, 0.25) is 0 Å². The molecule has 0 atom stereocenters. The summed E-state index contributed by atoms with van der Waals surface area (Å²) in [6, 6.07) is 5.22. The first-order valence-electron chi connectivity index (χ1n) is 7.74. The van der Waals surface area contributed by atoms with Crippen LogP contribution in [0.1, 0.15) is 18.9 Å². The molecule has 1 heterocycles. The number of carboxylic acids is 1. The highest BCUT2D eigenvalue weighted by Crippen LogP contribution is 2.34. The van der Waals surface area contributed by atoms with E-state index in [1.165, 1.54) is 4.90 Å². The van der Waals surface area contributed by atoms with Crippen molar-refractivity contribution in [1.29, 1.82) is 0 Å². The smallest absolute Gasteiger partial charge is 0.266 e. The molecule has 8 heteroatoms. The third-order valence-electron chi connectivity index (χ3n) is 3.29. The van der Waals surface area contributed by atoms with E-state index in [9.17, 15) is 14.7 Å². The molecule has 1 amide bonds. The molecule has 0 unspecified atom stereocenters. The average Bonchev–Trinajstić information content (AvgIpc) is 2.86. The average molecular weight is 390 g/mol. The summed E-state index contributed by atoms with van der Waals surface area (Å²) in [6.07, 6.45) is 6.60. The largest absolute Gasteiger partial charge is 0.550 e. The first-order valence-corrected chi connectivity index (χ1v) is 8.97. The summed E-state index contributed by atoms with van der Waals surface area (Å²) in [4.78, 5) is 24.7. The Balaban J connectivity index is 2.22. The molecule has 2 rings (SSSR count). The molecule has 26 heavy (non-hydrogen) atoms. The molecule has 0 aliphatic carbocycles. The SMILES string of the molecule is C#CCOc1ccc(/C=C2\SC(=S)N(CCC(=O)[O-])C2=O)cc1OCC. The number of rotatable bonds is 8. The lowest BCUT2D eigenvalue weighted by Crippen LogP contribution is -2.33. The monoisotopic (exact) mass is 390 g/mol. The molecule has 136 valence electrons. The van der Waals surface area contributed by atoms with E-state index in [0.29, 0.717) is 27.3 Å². The minimum absolute atomic E-state index is 0.00655. The lowest BCUT2D eigenvalue weighted by atomic mass is 10.2. The van der Waals surface area contributed by atoms with Crippen LogP contribution in [0.4, 0.5) is 0 Å². The van der Waals surface area contributed by atoms with Gasteiger partial charge in [-0.3, -0.25) is 9.69 Å². The maximum atomic E-state index is 12.4. The second-order valence-electron chi connectivity index (χ2n) is 5.09. The van der Waals surface area contributed by atoms with Crippen molar-refractivity contribution in [3.63, 3.8) is 0 Å². The van der Waals surface area contributed by atoms with Crippen LogP contribution in [0.5, 0.6) is 11.5 Å². The molecule has 0 bridgehead atoms. The van der Waals surface area contributed by atoms with Gasteiger partial charge in [0.15, 0.2) is 11.5 Å². The Bertz CT molecular complexity index is 797. The molecule has 1 fully saturated rings. The zero-order valence-corrected chi connectivity index (χ0v) is 15.7. The van der Waals surface area contributed by atoms with E-state index in [-0.39, 0.29) is 25.5 Å². The van der Waals surface area contributed by atoms with Crippen molar-refractivity contribution < 1.29 is 24.2 Å². The molecule has 6 nitrogen and oxygen atoms in total. The number of thiocarbonyl (C=S) groups is 1. The lowest BCUT2D eigenvalue weighted by Gasteiger charge is -2.14. The van der Waals surface area contributed by atoms with E-state index in [0.717, 1.165) is 17.3 Å². The Hall–Kier alpha value is -2.50. The Kier molecular flexibility index (Phi) is 7.06. The Morgan fingerprint density at radius 1 is 1.42 bits per heavy atom.